The molecule has 1 nitrogen and oxygen atoms in total. The van der Waals surface area contributed by atoms with Crippen LogP contribution in [0.15, 0.2) is 97.1 Å². The first kappa shape index (κ1) is 16.3. The third kappa shape index (κ3) is 3.16. The van der Waals surface area contributed by atoms with E-state index in [1.807, 2.05) is 30.3 Å². The molecule has 0 heterocycles. The summed E-state index contributed by atoms with van der Waals surface area (Å²) in [6, 6.07) is 33.2. The normalized spacial score (nSPS) is 12.0. The zero-order chi connectivity index (χ0) is 17.9. The molecule has 1 unspecified atom stereocenters. The van der Waals surface area contributed by atoms with Gasteiger partial charge in [-0.05, 0) is 39.9 Å². The van der Waals surface area contributed by atoms with E-state index in [4.69, 9.17) is 0 Å². The predicted octanol–water partition coefficient (Wildman–Crippen LogP) is 6.23. The maximum absolute atomic E-state index is 12.4. The van der Waals surface area contributed by atoms with E-state index in [2.05, 4.69) is 66.7 Å². The summed E-state index contributed by atoms with van der Waals surface area (Å²) in [6.45, 7) is 1.67. The van der Waals surface area contributed by atoms with Gasteiger partial charge in [-0.2, -0.15) is 0 Å². The average Bonchev–Trinajstić information content (AvgIpc) is 2.69. The minimum absolute atomic E-state index is 0.160. The lowest BCUT2D eigenvalue weighted by molar-refractivity contribution is -0.117. The monoisotopic (exact) mass is 336 g/mol. The summed E-state index contributed by atoms with van der Waals surface area (Å²) in [6.07, 6.45) is 0. The van der Waals surface area contributed by atoms with Crippen molar-refractivity contribution in [2.45, 2.75) is 12.8 Å². The Bertz CT molecular complexity index is 1050. The number of hydrogen-bond donors (Lipinski definition) is 0. The van der Waals surface area contributed by atoms with Crippen molar-refractivity contribution >= 4 is 16.6 Å². The van der Waals surface area contributed by atoms with Crippen LogP contribution in [0.1, 0.15) is 24.0 Å². The Morgan fingerprint density at radius 2 is 1.19 bits per heavy atom. The Labute approximate surface area is 153 Å². The first-order valence-electron chi connectivity index (χ1n) is 8.87. The molecule has 0 aromatic heterocycles. The van der Waals surface area contributed by atoms with Gasteiger partial charge >= 0.3 is 0 Å². The highest BCUT2D eigenvalue weighted by Crippen LogP contribution is 2.30. The highest BCUT2D eigenvalue weighted by atomic mass is 16.1. The molecule has 1 atom stereocenters. The Hall–Kier alpha value is -3.19. The van der Waals surface area contributed by atoms with Gasteiger partial charge in [0.1, 0.15) is 5.78 Å². The van der Waals surface area contributed by atoms with Crippen molar-refractivity contribution < 1.29 is 4.79 Å². The van der Waals surface area contributed by atoms with Crippen molar-refractivity contribution in [3.8, 4) is 11.1 Å². The molecular formula is C25H20O. The molecule has 0 spiro atoms. The number of fused-ring (bicyclic) bond motifs is 1. The first-order chi connectivity index (χ1) is 12.7. The molecule has 4 aromatic carbocycles. The number of hydrogen-bond acceptors (Lipinski definition) is 1. The lowest BCUT2D eigenvalue weighted by Crippen LogP contribution is -2.10. The van der Waals surface area contributed by atoms with Crippen molar-refractivity contribution in [3.05, 3.63) is 108 Å². The maximum atomic E-state index is 12.4. The summed E-state index contributed by atoms with van der Waals surface area (Å²) >= 11 is 0. The molecule has 0 N–H and O–H groups in total. The van der Waals surface area contributed by atoms with Crippen molar-refractivity contribution in [2.75, 3.05) is 0 Å². The van der Waals surface area contributed by atoms with Crippen LogP contribution in [-0.2, 0) is 4.79 Å². The first-order valence-corrected chi connectivity index (χ1v) is 8.87. The third-order valence-electron chi connectivity index (χ3n) is 4.86. The topological polar surface area (TPSA) is 17.1 Å². The van der Waals surface area contributed by atoms with Gasteiger partial charge in [0.05, 0.1) is 5.92 Å². The Morgan fingerprint density at radius 1 is 0.615 bits per heavy atom. The van der Waals surface area contributed by atoms with Crippen LogP contribution in [0.3, 0.4) is 0 Å². The second kappa shape index (κ2) is 6.97. The lowest BCUT2D eigenvalue weighted by Gasteiger charge is -2.16. The van der Waals surface area contributed by atoms with Crippen molar-refractivity contribution in [3.63, 3.8) is 0 Å². The SMILES string of the molecule is CC(=O)C(c1ccc(-c2ccccc2)cc1)c1ccc2ccccc2c1. The van der Waals surface area contributed by atoms with Crippen LogP contribution < -0.4 is 0 Å². The summed E-state index contributed by atoms with van der Waals surface area (Å²) in [7, 11) is 0. The minimum atomic E-state index is -0.232. The van der Waals surface area contributed by atoms with Gasteiger partial charge in [0.2, 0.25) is 0 Å². The van der Waals surface area contributed by atoms with Crippen LogP contribution in [0.4, 0.5) is 0 Å². The molecule has 0 fully saturated rings. The van der Waals surface area contributed by atoms with Crippen LogP contribution in [0, 0.1) is 0 Å². The summed E-state index contributed by atoms with van der Waals surface area (Å²) < 4.78 is 0. The molecule has 1 heteroatoms. The fourth-order valence-electron chi connectivity index (χ4n) is 3.55. The molecule has 0 aliphatic carbocycles. The van der Waals surface area contributed by atoms with E-state index in [0.29, 0.717) is 0 Å². The highest BCUT2D eigenvalue weighted by molar-refractivity contribution is 5.90. The Balaban J connectivity index is 1.73. The van der Waals surface area contributed by atoms with Crippen LogP contribution in [0.5, 0.6) is 0 Å². The van der Waals surface area contributed by atoms with Gasteiger partial charge in [0, 0.05) is 0 Å². The molecular weight excluding hydrogens is 316 g/mol. The number of benzene rings is 4. The summed E-state index contributed by atoms with van der Waals surface area (Å²) in [4.78, 5) is 12.4. The van der Waals surface area contributed by atoms with Gasteiger partial charge in [-0.1, -0.05) is 97.1 Å². The molecule has 0 saturated heterocycles. The van der Waals surface area contributed by atoms with Gasteiger partial charge in [0.15, 0.2) is 0 Å². The van der Waals surface area contributed by atoms with E-state index in [1.54, 1.807) is 6.92 Å². The van der Waals surface area contributed by atoms with E-state index in [9.17, 15) is 4.79 Å². The molecule has 0 amide bonds. The van der Waals surface area contributed by atoms with Crippen LogP contribution in [0.25, 0.3) is 21.9 Å². The maximum Gasteiger partial charge on any atom is 0.141 e. The third-order valence-corrected chi connectivity index (χ3v) is 4.86. The fourth-order valence-corrected chi connectivity index (χ4v) is 3.55. The summed E-state index contributed by atoms with van der Waals surface area (Å²) in [5, 5.41) is 2.36. The van der Waals surface area contributed by atoms with Crippen LogP contribution in [0.2, 0.25) is 0 Å². The molecule has 0 radical (unpaired) electrons. The largest absolute Gasteiger partial charge is 0.299 e. The van der Waals surface area contributed by atoms with E-state index >= 15 is 0 Å². The second-order valence-electron chi connectivity index (χ2n) is 6.64. The quantitative estimate of drug-likeness (QED) is 0.432. The van der Waals surface area contributed by atoms with Crippen molar-refractivity contribution in [1.82, 2.24) is 0 Å². The van der Waals surface area contributed by atoms with E-state index in [-0.39, 0.29) is 11.7 Å². The number of Topliss-reactive ketones (excluding diaryl/α,β-unsaturated/α-hetero) is 1. The molecule has 0 bridgehead atoms. The second-order valence-corrected chi connectivity index (χ2v) is 6.64. The zero-order valence-electron chi connectivity index (χ0n) is 14.7. The molecule has 4 aromatic rings. The molecule has 0 saturated carbocycles. The fraction of sp³-hybridized carbons (Fsp3) is 0.0800. The molecule has 126 valence electrons. The van der Waals surface area contributed by atoms with Gasteiger partial charge < -0.3 is 0 Å². The van der Waals surface area contributed by atoms with Crippen LogP contribution >= 0.6 is 0 Å². The molecule has 0 aliphatic heterocycles. The van der Waals surface area contributed by atoms with E-state index in [0.717, 1.165) is 22.1 Å². The highest BCUT2D eigenvalue weighted by Gasteiger charge is 2.19. The summed E-state index contributed by atoms with van der Waals surface area (Å²) in [5.74, 6) is -0.0721. The van der Waals surface area contributed by atoms with Gasteiger partial charge in [-0.15, -0.1) is 0 Å². The number of carbonyl (C=O) groups is 1. The van der Waals surface area contributed by atoms with E-state index < -0.39 is 0 Å². The van der Waals surface area contributed by atoms with Crippen molar-refractivity contribution in [2.24, 2.45) is 0 Å². The van der Waals surface area contributed by atoms with Gasteiger partial charge in [-0.25, -0.2) is 0 Å². The number of rotatable bonds is 4. The van der Waals surface area contributed by atoms with Gasteiger partial charge in [0.25, 0.3) is 0 Å². The van der Waals surface area contributed by atoms with Gasteiger partial charge in [-0.3, -0.25) is 4.79 Å². The average molecular weight is 336 g/mol. The van der Waals surface area contributed by atoms with E-state index in [1.165, 1.54) is 10.9 Å². The predicted molar refractivity (Wildman–Crippen MR) is 108 cm³/mol. The smallest absolute Gasteiger partial charge is 0.141 e. The standard InChI is InChI=1S/C25H20O/c1-18(26)25(24-16-13-20-9-5-6-10-23(20)17-24)22-14-11-21(12-15-22)19-7-3-2-4-8-19/h2-17,25H,1H3. The molecule has 26 heavy (non-hydrogen) atoms. The van der Waals surface area contributed by atoms with Crippen molar-refractivity contribution in [1.29, 1.82) is 0 Å². The van der Waals surface area contributed by atoms with Crippen LogP contribution in [-0.4, -0.2) is 5.78 Å². The Morgan fingerprint density at radius 3 is 1.88 bits per heavy atom. The number of carbonyl (C=O) groups excluding carboxylic acids is 1. The zero-order valence-corrected chi connectivity index (χ0v) is 14.7. The Kier molecular flexibility index (Phi) is 4.37. The lowest BCUT2D eigenvalue weighted by atomic mass is 9.86. The minimum Gasteiger partial charge on any atom is -0.299 e. The number of ketones is 1. The molecule has 0 aliphatic rings. The summed E-state index contributed by atoms with van der Waals surface area (Å²) in [5.41, 5.74) is 4.43. The molecule has 4 rings (SSSR count).